The first-order valence-electron chi connectivity index (χ1n) is 9.16. The van der Waals surface area contributed by atoms with Crippen LogP contribution >= 0.6 is 0 Å². The van der Waals surface area contributed by atoms with Gasteiger partial charge in [-0.1, -0.05) is 30.3 Å². The minimum atomic E-state index is -0.442. The zero-order valence-electron chi connectivity index (χ0n) is 16.1. The van der Waals surface area contributed by atoms with E-state index in [2.05, 4.69) is 4.98 Å². The lowest BCUT2D eigenvalue weighted by Gasteiger charge is -2.12. The van der Waals surface area contributed by atoms with Crippen LogP contribution in [0.5, 0.6) is 5.75 Å². The fourth-order valence-corrected chi connectivity index (χ4v) is 3.22. The maximum atomic E-state index is 13.3. The number of benzene rings is 3. The van der Waals surface area contributed by atoms with Crippen LogP contribution in [-0.4, -0.2) is 21.6 Å². The molecule has 1 aromatic heterocycles. The number of hydrogen-bond donors (Lipinski definition) is 0. The van der Waals surface area contributed by atoms with Gasteiger partial charge in [0.2, 0.25) is 0 Å². The monoisotopic (exact) mass is 399 g/mol. The van der Waals surface area contributed by atoms with Gasteiger partial charge in [0.05, 0.1) is 34.2 Å². The third-order valence-corrected chi connectivity index (χ3v) is 4.66. The van der Waals surface area contributed by atoms with Crippen LogP contribution in [0.3, 0.4) is 0 Å². The first-order valence-corrected chi connectivity index (χ1v) is 9.16. The first kappa shape index (κ1) is 19.1. The molecule has 0 atom stereocenters. The fourth-order valence-electron chi connectivity index (χ4n) is 3.22. The standard InChI is InChI=1S/C23H17N3O4/c1-30-18-9-6-8-17(15-18)25-22(24-20-11-4-3-10-19(20)23(25)27)14-13-16-7-2-5-12-21(16)26(28)29/h2-15H,1H3/b14-13-. The summed E-state index contributed by atoms with van der Waals surface area (Å²) in [6, 6.07) is 20.5. The van der Waals surface area contributed by atoms with Crippen molar-refractivity contribution in [1.82, 2.24) is 9.55 Å². The summed E-state index contributed by atoms with van der Waals surface area (Å²) in [7, 11) is 1.55. The Hall–Kier alpha value is -4.26. The number of ether oxygens (including phenoxy) is 1. The number of methoxy groups -OCH3 is 1. The maximum Gasteiger partial charge on any atom is 0.276 e. The smallest absolute Gasteiger partial charge is 0.276 e. The fraction of sp³-hybridized carbons (Fsp3) is 0.0435. The molecule has 1 heterocycles. The molecule has 0 aliphatic rings. The lowest BCUT2D eigenvalue weighted by molar-refractivity contribution is -0.385. The Morgan fingerprint density at radius 3 is 2.57 bits per heavy atom. The van der Waals surface area contributed by atoms with E-state index in [1.807, 2.05) is 0 Å². The van der Waals surface area contributed by atoms with Gasteiger partial charge >= 0.3 is 0 Å². The number of nitrogens with zero attached hydrogens (tertiary/aromatic N) is 3. The second-order valence-corrected chi connectivity index (χ2v) is 6.48. The Morgan fingerprint density at radius 1 is 1.00 bits per heavy atom. The number of hydrogen-bond acceptors (Lipinski definition) is 5. The molecule has 0 aliphatic heterocycles. The number of aromatic nitrogens is 2. The Bertz CT molecular complexity index is 1340. The molecule has 4 aromatic rings. The number of nitro groups is 1. The van der Waals surface area contributed by atoms with Crippen molar-refractivity contribution in [2.24, 2.45) is 0 Å². The summed E-state index contributed by atoms with van der Waals surface area (Å²) >= 11 is 0. The summed E-state index contributed by atoms with van der Waals surface area (Å²) in [6.07, 6.45) is 3.20. The van der Waals surface area contributed by atoms with E-state index >= 15 is 0 Å². The molecule has 0 aliphatic carbocycles. The quantitative estimate of drug-likeness (QED) is 0.365. The highest BCUT2D eigenvalue weighted by Gasteiger charge is 2.13. The van der Waals surface area contributed by atoms with Crippen molar-refractivity contribution in [1.29, 1.82) is 0 Å². The van der Waals surface area contributed by atoms with E-state index in [-0.39, 0.29) is 11.2 Å². The molecule has 7 nitrogen and oxygen atoms in total. The highest BCUT2D eigenvalue weighted by Crippen LogP contribution is 2.22. The second kappa shape index (κ2) is 8.00. The van der Waals surface area contributed by atoms with Gasteiger partial charge in [-0.2, -0.15) is 0 Å². The SMILES string of the molecule is COc1cccc(-n2c(/C=C\c3ccccc3[N+](=O)[O-])nc3ccccc3c2=O)c1. The summed E-state index contributed by atoms with van der Waals surface area (Å²) in [5.41, 5.74) is 1.28. The van der Waals surface area contributed by atoms with E-state index in [1.165, 1.54) is 10.6 Å². The summed E-state index contributed by atoms with van der Waals surface area (Å²) < 4.78 is 6.75. The van der Waals surface area contributed by atoms with Crippen LogP contribution < -0.4 is 10.3 Å². The molecule has 0 fully saturated rings. The molecule has 0 N–H and O–H groups in total. The Balaban J connectivity index is 1.95. The molecule has 0 amide bonds. The Kier molecular flexibility index (Phi) is 5.09. The molecule has 0 radical (unpaired) electrons. The number of para-hydroxylation sites is 2. The van der Waals surface area contributed by atoms with Gasteiger partial charge in [0, 0.05) is 12.1 Å². The van der Waals surface area contributed by atoms with Crippen molar-refractivity contribution in [3.63, 3.8) is 0 Å². The molecule has 4 rings (SSSR count). The zero-order chi connectivity index (χ0) is 21.1. The third kappa shape index (κ3) is 3.56. The van der Waals surface area contributed by atoms with Gasteiger partial charge in [0.1, 0.15) is 11.6 Å². The summed E-state index contributed by atoms with van der Waals surface area (Å²) in [6.45, 7) is 0. The lowest BCUT2D eigenvalue weighted by Crippen LogP contribution is -2.22. The van der Waals surface area contributed by atoms with Crippen LogP contribution in [0.1, 0.15) is 11.4 Å². The topological polar surface area (TPSA) is 87.3 Å². The maximum absolute atomic E-state index is 13.3. The minimum Gasteiger partial charge on any atom is -0.497 e. The molecule has 30 heavy (non-hydrogen) atoms. The largest absolute Gasteiger partial charge is 0.497 e. The second-order valence-electron chi connectivity index (χ2n) is 6.48. The van der Waals surface area contributed by atoms with Gasteiger partial charge < -0.3 is 4.74 Å². The average Bonchev–Trinajstić information content (AvgIpc) is 2.78. The van der Waals surface area contributed by atoms with Crippen LogP contribution in [0.15, 0.2) is 77.6 Å². The molecule has 148 valence electrons. The molecule has 0 saturated heterocycles. The van der Waals surface area contributed by atoms with E-state index in [0.29, 0.717) is 33.7 Å². The van der Waals surface area contributed by atoms with Gasteiger partial charge in [-0.15, -0.1) is 0 Å². The predicted octanol–water partition coefficient (Wildman–Crippen LogP) is 4.47. The van der Waals surface area contributed by atoms with Crippen LogP contribution in [0, 0.1) is 10.1 Å². The van der Waals surface area contributed by atoms with Crippen LogP contribution in [0.2, 0.25) is 0 Å². The van der Waals surface area contributed by atoms with Gasteiger partial charge in [0.15, 0.2) is 0 Å². The van der Waals surface area contributed by atoms with E-state index in [0.717, 1.165) is 0 Å². The van der Waals surface area contributed by atoms with Crippen molar-refractivity contribution in [2.45, 2.75) is 0 Å². The zero-order valence-corrected chi connectivity index (χ0v) is 16.1. The normalized spacial score (nSPS) is 11.1. The van der Waals surface area contributed by atoms with Gasteiger partial charge in [-0.05, 0) is 42.5 Å². The van der Waals surface area contributed by atoms with Crippen LogP contribution in [0.4, 0.5) is 5.69 Å². The van der Waals surface area contributed by atoms with E-state index < -0.39 is 4.92 Å². The van der Waals surface area contributed by atoms with Crippen molar-refractivity contribution < 1.29 is 9.66 Å². The lowest BCUT2D eigenvalue weighted by atomic mass is 10.1. The molecule has 0 saturated carbocycles. The summed E-state index contributed by atoms with van der Waals surface area (Å²) in [5, 5.41) is 11.8. The molecule has 3 aromatic carbocycles. The number of rotatable bonds is 5. The first-order chi connectivity index (χ1) is 14.6. The molecular formula is C23H17N3O4. The molecule has 7 heteroatoms. The van der Waals surface area contributed by atoms with Crippen molar-refractivity contribution >= 4 is 28.7 Å². The van der Waals surface area contributed by atoms with Crippen molar-refractivity contribution in [2.75, 3.05) is 7.11 Å². The van der Waals surface area contributed by atoms with Crippen molar-refractivity contribution in [3.8, 4) is 11.4 Å². The van der Waals surface area contributed by atoms with Crippen LogP contribution in [0.25, 0.3) is 28.7 Å². The van der Waals surface area contributed by atoms with Crippen LogP contribution in [-0.2, 0) is 0 Å². The summed E-state index contributed by atoms with van der Waals surface area (Å²) in [5.74, 6) is 0.950. The highest BCUT2D eigenvalue weighted by molar-refractivity contribution is 5.80. The highest BCUT2D eigenvalue weighted by atomic mass is 16.6. The Morgan fingerprint density at radius 2 is 1.77 bits per heavy atom. The molecular weight excluding hydrogens is 382 g/mol. The van der Waals surface area contributed by atoms with E-state index in [9.17, 15) is 14.9 Å². The van der Waals surface area contributed by atoms with Gasteiger partial charge in [-0.25, -0.2) is 4.98 Å². The summed E-state index contributed by atoms with van der Waals surface area (Å²) in [4.78, 5) is 28.8. The van der Waals surface area contributed by atoms with Gasteiger partial charge in [-0.3, -0.25) is 19.5 Å². The Labute approximate surface area is 171 Å². The third-order valence-electron chi connectivity index (χ3n) is 4.66. The van der Waals surface area contributed by atoms with E-state index in [4.69, 9.17) is 4.74 Å². The van der Waals surface area contributed by atoms with Gasteiger partial charge in [0.25, 0.3) is 11.2 Å². The predicted molar refractivity (Wildman–Crippen MR) is 116 cm³/mol. The number of nitro benzene ring substituents is 1. The molecule has 0 bridgehead atoms. The molecule has 0 spiro atoms. The molecule has 0 unspecified atom stereocenters. The minimum absolute atomic E-state index is 0.0233. The average molecular weight is 399 g/mol. The van der Waals surface area contributed by atoms with E-state index in [1.54, 1.807) is 86.0 Å². The van der Waals surface area contributed by atoms with Crippen molar-refractivity contribution in [3.05, 3.63) is 105 Å². The number of fused-ring (bicyclic) bond motifs is 1.